The molecule has 3 fully saturated rings. The van der Waals surface area contributed by atoms with Gasteiger partial charge in [0.15, 0.2) is 0 Å². The van der Waals surface area contributed by atoms with Crippen LogP contribution in [0.1, 0.15) is 58.8 Å². The van der Waals surface area contributed by atoms with Crippen molar-refractivity contribution in [3.05, 3.63) is 12.2 Å². The molecule has 4 aliphatic carbocycles. The fourth-order valence-electron chi connectivity index (χ4n) is 6.56. The molecule has 21 heavy (non-hydrogen) atoms. The molecule has 0 amide bonds. The monoisotopic (exact) mass is 288 g/mol. The molecule has 7 atom stereocenters. The highest BCUT2D eigenvalue weighted by atomic mass is 16.3. The van der Waals surface area contributed by atoms with E-state index in [4.69, 9.17) is 0 Å². The summed E-state index contributed by atoms with van der Waals surface area (Å²) in [7, 11) is 0. The van der Waals surface area contributed by atoms with Crippen molar-refractivity contribution in [2.75, 3.05) is 0 Å². The van der Waals surface area contributed by atoms with Gasteiger partial charge >= 0.3 is 0 Å². The Morgan fingerprint density at radius 1 is 1.14 bits per heavy atom. The second-order valence-corrected chi connectivity index (χ2v) is 8.60. The first-order valence-corrected chi connectivity index (χ1v) is 8.86. The fourth-order valence-corrected chi connectivity index (χ4v) is 6.56. The van der Waals surface area contributed by atoms with Crippen molar-refractivity contribution in [2.24, 2.45) is 34.5 Å². The molecule has 1 N–H and O–H groups in total. The summed E-state index contributed by atoms with van der Waals surface area (Å²) in [5.41, 5.74) is 0.247. The number of carbonyl (C=O) groups excluding carboxylic acids is 1. The summed E-state index contributed by atoms with van der Waals surface area (Å²) in [4.78, 5) is 12.4. The van der Waals surface area contributed by atoms with E-state index in [1.54, 1.807) is 0 Å². The Morgan fingerprint density at radius 3 is 2.76 bits per heavy atom. The molecule has 0 heterocycles. The van der Waals surface area contributed by atoms with Crippen LogP contribution < -0.4 is 0 Å². The smallest absolute Gasteiger partial charge is 0.139 e. The Balaban J connectivity index is 1.68. The molecule has 0 radical (unpaired) electrons. The Kier molecular flexibility index (Phi) is 2.96. The molecule has 4 rings (SSSR count). The highest BCUT2D eigenvalue weighted by Crippen LogP contribution is 2.64. The van der Waals surface area contributed by atoms with Gasteiger partial charge in [0.1, 0.15) is 5.78 Å². The van der Waals surface area contributed by atoms with Crippen molar-refractivity contribution in [2.45, 2.75) is 64.9 Å². The number of hydrogen-bond acceptors (Lipinski definition) is 2. The van der Waals surface area contributed by atoms with Crippen molar-refractivity contribution in [1.29, 1.82) is 0 Å². The summed E-state index contributed by atoms with van der Waals surface area (Å²) in [5, 5.41) is 9.95. The number of fused-ring (bicyclic) bond motifs is 5. The molecule has 0 aromatic heterocycles. The predicted molar refractivity (Wildman–Crippen MR) is 82.6 cm³/mol. The van der Waals surface area contributed by atoms with Gasteiger partial charge in [0.05, 0.1) is 6.10 Å². The fraction of sp³-hybridized carbons (Fsp3) is 0.842. The maximum atomic E-state index is 12.4. The van der Waals surface area contributed by atoms with Gasteiger partial charge in [-0.1, -0.05) is 26.0 Å². The summed E-state index contributed by atoms with van der Waals surface area (Å²) in [6.07, 6.45) is 11.8. The Hall–Kier alpha value is -0.630. The van der Waals surface area contributed by atoms with Crippen LogP contribution in [0.5, 0.6) is 0 Å². The van der Waals surface area contributed by atoms with Gasteiger partial charge in [-0.15, -0.1) is 0 Å². The van der Waals surface area contributed by atoms with Crippen LogP contribution >= 0.6 is 0 Å². The Morgan fingerprint density at radius 2 is 1.95 bits per heavy atom. The third-order valence-electron chi connectivity index (χ3n) is 7.88. The molecule has 0 bridgehead atoms. The van der Waals surface area contributed by atoms with Crippen LogP contribution in [0.2, 0.25) is 0 Å². The van der Waals surface area contributed by atoms with Crippen molar-refractivity contribution in [3.8, 4) is 0 Å². The van der Waals surface area contributed by atoms with E-state index >= 15 is 0 Å². The average molecular weight is 288 g/mol. The number of hydrogen-bond donors (Lipinski definition) is 1. The molecule has 3 saturated carbocycles. The van der Waals surface area contributed by atoms with Crippen LogP contribution in [0.25, 0.3) is 0 Å². The van der Waals surface area contributed by atoms with Crippen LogP contribution in [0.4, 0.5) is 0 Å². The molecule has 2 heteroatoms. The van der Waals surface area contributed by atoms with E-state index in [9.17, 15) is 9.90 Å². The molecular weight excluding hydrogens is 260 g/mol. The normalized spacial score (nSPS) is 55.8. The molecule has 0 aromatic carbocycles. The number of ketones is 1. The average Bonchev–Trinajstić information content (AvgIpc) is 2.76. The van der Waals surface area contributed by atoms with Crippen LogP contribution in [0, 0.1) is 34.5 Å². The van der Waals surface area contributed by atoms with E-state index in [2.05, 4.69) is 19.9 Å². The van der Waals surface area contributed by atoms with Gasteiger partial charge in [-0.2, -0.15) is 0 Å². The van der Waals surface area contributed by atoms with E-state index in [0.29, 0.717) is 17.6 Å². The highest BCUT2D eigenvalue weighted by Gasteiger charge is 2.59. The lowest BCUT2D eigenvalue weighted by Crippen LogP contribution is -2.52. The zero-order valence-electron chi connectivity index (χ0n) is 13.3. The first kappa shape index (κ1) is 14.0. The maximum absolute atomic E-state index is 12.4. The molecule has 0 spiro atoms. The summed E-state index contributed by atoms with van der Waals surface area (Å²) in [5.74, 6) is 3.26. The standard InChI is InChI=1S/C19H28O2/c1-18-9-7-13(20)11-12(18)3-4-14-15-5-6-17(21)19(15,2)10-8-16(14)18/h7,9,12-16,20H,3-6,8,10-11H2,1-2H3/t12-,13-,14+,15+,16+,18+,19+/m1/s1. The van der Waals surface area contributed by atoms with E-state index in [1.165, 1.54) is 19.3 Å². The molecule has 116 valence electrons. The second kappa shape index (κ2) is 4.44. The van der Waals surface area contributed by atoms with Crippen molar-refractivity contribution in [3.63, 3.8) is 0 Å². The first-order valence-electron chi connectivity index (χ1n) is 8.86. The molecule has 0 saturated heterocycles. The van der Waals surface area contributed by atoms with Crippen molar-refractivity contribution in [1.82, 2.24) is 0 Å². The topological polar surface area (TPSA) is 37.3 Å². The van der Waals surface area contributed by atoms with Gasteiger partial charge in [-0.25, -0.2) is 0 Å². The van der Waals surface area contributed by atoms with Crippen molar-refractivity contribution >= 4 is 5.78 Å². The molecule has 0 unspecified atom stereocenters. The number of rotatable bonds is 0. The van der Waals surface area contributed by atoms with Crippen LogP contribution in [0.3, 0.4) is 0 Å². The van der Waals surface area contributed by atoms with Gasteiger partial charge in [0.25, 0.3) is 0 Å². The van der Waals surface area contributed by atoms with E-state index in [-0.39, 0.29) is 16.9 Å². The molecule has 2 nitrogen and oxygen atoms in total. The van der Waals surface area contributed by atoms with Crippen molar-refractivity contribution < 1.29 is 9.90 Å². The van der Waals surface area contributed by atoms with Gasteiger partial charge in [-0.3, -0.25) is 4.79 Å². The molecule has 0 aliphatic heterocycles. The number of Topliss-reactive ketones (excluding diaryl/α,β-unsaturated/α-hetero) is 1. The van der Waals surface area contributed by atoms with E-state index in [1.807, 2.05) is 6.08 Å². The third-order valence-corrected chi connectivity index (χ3v) is 7.88. The summed E-state index contributed by atoms with van der Waals surface area (Å²) >= 11 is 0. The molecule has 4 aliphatic rings. The summed E-state index contributed by atoms with van der Waals surface area (Å²) in [6, 6.07) is 0. The minimum absolute atomic E-state index is 0.0116. The van der Waals surface area contributed by atoms with Crippen LogP contribution in [-0.2, 0) is 4.79 Å². The maximum Gasteiger partial charge on any atom is 0.139 e. The quantitative estimate of drug-likeness (QED) is 0.690. The van der Waals surface area contributed by atoms with E-state index < -0.39 is 0 Å². The van der Waals surface area contributed by atoms with E-state index in [0.717, 1.165) is 37.5 Å². The lowest BCUT2D eigenvalue weighted by molar-refractivity contribution is -0.134. The lowest BCUT2D eigenvalue weighted by Gasteiger charge is -2.58. The summed E-state index contributed by atoms with van der Waals surface area (Å²) in [6.45, 7) is 4.68. The van der Waals surface area contributed by atoms with Gasteiger partial charge in [0, 0.05) is 11.8 Å². The van der Waals surface area contributed by atoms with Gasteiger partial charge < -0.3 is 5.11 Å². The minimum Gasteiger partial charge on any atom is -0.389 e. The number of aliphatic hydroxyl groups is 1. The minimum atomic E-state index is -0.235. The predicted octanol–water partition coefficient (Wildman–Crippen LogP) is 3.74. The first-order chi connectivity index (χ1) is 9.95. The zero-order valence-corrected chi connectivity index (χ0v) is 13.3. The van der Waals surface area contributed by atoms with Gasteiger partial charge in [-0.05, 0) is 67.6 Å². The largest absolute Gasteiger partial charge is 0.389 e. The Labute approximate surface area is 128 Å². The number of aliphatic hydroxyl groups excluding tert-OH is 1. The second-order valence-electron chi connectivity index (χ2n) is 8.60. The van der Waals surface area contributed by atoms with Gasteiger partial charge in [0.2, 0.25) is 0 Å². The Bertz CT molecular complexity index is 496. The molecule has 0 aromatic rings. The zero-order chi connectivity index (χ0) is 14.8. The molecular formula is C19H28O2. The SMILES string of the molecule is C[C@]12C=C[C@@H](O)C[C@H]1CC[C@@H]1[C@@H]2CC[C@]2(C)C(=O)CC[C@@H]12. The number of carbonyl (C=O) groups is 1. The van der Waals surface area contributed by atoms with Crippen LogP contribution in [-0.4, -0.2) is 17.0 Å². The summed E-state index contributed by atoms with van der Waals surface area (Å²) < 4.78 is 0. The number of allylic oxidation sites excluding steroid dienone is 1. The lowest BCUT2D eigenvalue weighted by atomic mass is 9.46. The van der Waals surface area contributed by atoms with Crippen LogP contribution in [0.15, 0.2) is 12.2 Å². The highest BCUT2D eigenvalue weighted by molar-refractivity contribution is 5.87. The third kappa shape index (κ3) is 1.78.